The molecule has 1 N–H and O–H groups in total. The number of benzene rings is 2. The minimum Gasteiger partial charge on any atom is -0.494 e. The van der Waals surface area contributed by atoms with Crippen LogP contribution in [0.15, 0.2) is 53.4 Å². The Hall–Kier alpha value is -2.01. The molecular weight excluding hydrogens is 298 g/mol. The second-order valence-corrected chi connectivity index (χ2v) is 6.97. The number of hydrogen-bond acceptors (Lipinski definition) is 3. The molecule has 22 heavy (non-hydrogen) atoms. The van der Waals surface area contributed by atoms with E-state index in [1.165, 1.54) is 0 Å². The summed E-state index contributed by atoms with van der Waals surface area (Å²) in [7, 11) is -3.59. The van der Waals surface area contributed by atoms with Gasteiger partial charge in [0.25, 0.3) is 10.0 Å². The maximum Gasteiger partial charge on any atom is 0.261 e. The van der Waals surface area contributed by atoms with Crippen LogP contribution in [0.5, 0.6) is 5.75 Å². The highest BCUT2D eigenvalue weighted by atomic mass is 32.2. The largest absolute Gasteiger partial charge is 0.494 e. The predicted octanol–water partition coefficient (Wildman–Crippen LogP) is 4.01. The lowest BCUT2D eigenvalue weighted by Crippen LogP contribution is -2.13. The Morgan fingerprint density at radius 1 is 1.09 bits per heavy atom. The summed E-state index contributed by atoms with van der Waals surface area (Å²) >= 11 is 0. The smallest absolute Gasteiger partial charge is 0.261 e. The van der Waals surface area contributed by atoms with Gasteiger partial charge in [0.15, 0.2) is 0 Å². The van der Waals surface area contributed by atoms with E-state index in [9.17, 15) is 8.42 Å². The molecule has 2 rings (SSSR count). The lowest BCUT2D eigenvalue weighted by atomic mass is 10.0. The number of sulfonamides is 1. The summed E-state index contributed by atoms with van der Waals surface area (Å²) in [4.78, 5) is 0.249. The number of rotatable bonds is 6. The predicted molar refractivity (Wildman–Crippen MR) is 89.0 cm³/mol. The van der Waals surface area contributed by atoms with E-state index >= 15 is 0 Å². The first-order valence-corrected chi connectivity index (χ1v) is 8.76. The van der Waals surface area contributed by atoms with Crippen LogP contribution in [0.25, 0.3) is 0 Å². The fourth-order valence-electron chi connectivity index (χ4n) is 2.06. The first-order chi connectivity index (χ1) is 10.4. The zero-order chi connectivity index (χ0) is 16.2. The monoisotopic (exact) mass is 319 g/mol. The summed E-state index contributed by atoms with van der Waals surface area (Å²) in [6.45, 7) is 6.56. The molecule has 2 aromatic rings. The molecule has 0 heterocycles. The summed E-state index contributed by atoms with van der Waals surface area (Å²) in [5.41, 5.74) is 1.59. The van der Waals surface area contributed by atoms with Gasteiger partial charge in [0.05, 0.1) is 17.2 Å². The molecule has 118 valence electrons. The standard InChI is InChI=1S/C17H21NO3S/c1-4-21-16-7-5-6-15(12-16)18-22(19,20)17-10-8-14(9-11-17)13(2)3/h5-13,18H,4H2,1-3H3. The van der Waals surface area contributed by atoms with Crippen LogP contribution in [0.2, 0.25) is 0 Å². The summed E-state index contributed by atoms with van der Waals surface area (Å²) in [6.07, 6.45) is 0. The SMILES string of the molecule is CCOc1cccc(NS(=O)(=O)c2ccc(C(C)C)cc2)c1. The van der Waals surface area contributed by atoms with Gasteiger partial charge in [0.2, 0.25) is 0 Å². The maximum absolute atomic E-state index is 12.4. The molecule has 0 saturated carbocycles. The van der Waals surface area contributed by atoms with Crippen molar-refractivity contribution < 1.29 is 13.2 Å². The Balaban J connectivity index is 2.21. The maximum atomic E-state index is 12.4. The van der Waals surface area contributed by atoms with Gasteiger partial charge < -0.3 is 4.74 Å². The Labute approximate surface area is 132 Å². The van der Waals surface area contributed by atoms with Crippen molar-refractivity contribution in [3.8, 4) is 5.75 Å². The Bertz CT molecular complexity index is 722. The number of anilines is 1. The second kappa shape index (κ2) is 6.83. The molecule has 4 nitrogen and oxygen atoms in total. The highest BCUT2D eigenvalue weighted by molar-refractivity contribution is 7.92. The van der Waals surface area contributed by atoms with E-state index in [1.54, 1.807) is 36.4 Å². The van der Waals surface area contributed by atoms with Crippen LogP contribution >= 0.6 is 0 Å². The lowest BCUT2D eigenvalue weighted by molar-refractivity contribution is 0.340. The fraction of sp³-hybridized carbons (Fsp3) is 0.294. The van der Waals surface area contributed by atoms with E-state index in [1.807, 2.05) is 19.1 Å². The number of ether oxygens (including phenoxy) is 1. The minimum atomic E-state index is -3.59. The van der Waals surface area contributed by atoms with Gasteiger partial charge >= 0.3 is 0 Å². The molecule has 0 amide bonds. The van der Waals surface area contributed by atoms with Crippen LogP contribution in [0.1, 0.15) is 32.3 Å². The van der Waals surface area contributed by atoms with Gasteiger partial charge in [-0.25, -0.2) is 8.42 Å². The molecule has 0 unspecified atom stereocenters. The van der Waals surface area contributed by atoms with E-state index in [-0.39, 0.29) is 4.90 Å². The number of hydrogen-bond donors (Lipinski definition) is 1. The molecule has 0 radical (unpaired) electrons. The molecule has 0 atom stereocenters. The van der Waals surface area contributed by atoms with E-state index in [2.05, 4.69) is 18.6 Å². The molecule has 5 heteroatoms. The summed E-state index contributed by atoms with van der Waals surface area (Å²) < 4.78 is 32.7. The Morgan fingerprint density at radius 3 is 2.36 bits per heavy atom. The molecule has 2 aromatic carbocycles. The molecule has 0 spiro atoms. The van der Waals surface area contributed by atoms with E-state index in [0.29, 0.717) is 24.0 Å². The van der Waals surface area contributed by atoms with E-state index in [0.717, 1.165) is 5.56 Å². The van der Waals surface area contributed by atoms with Crippen molar-refractivity contribution in [2.75, 3.05) is 11.3 Å². The van der Waals surface area contributed by atoms with Crippen molar-refractivity contribution in [1.82, 2.24) is 0 Å². The molecule has 0 fully saturated rings. The molecule has 0 saturated heterocycles. The molecule has 0 aliphatic carbocycles. The third-order valence-corrected chi connectivity index (χ3v) is 4.65. The molecule has 0 aliphatic heterocycles. The van der Waals surface area contributed by atoms with Crippen molar-refractivity contribution >= 4 is 15.7 Å². The van der Waals surface area contributed by atoms with Crippen LogP contribution in [0, 0.1) is 0 Å². The Morgan fingerprint density at radius 2 is 1.77 bits per heavy atom. The lowest BCUT2D eigenvalue weighted by Gasteiger charge is -2.11. The second-order valence-electron chi connectivity index (χ2n) is 5.29. The first kappa shape index (κ1) is 16.4. The zero-order valence-corrected chi connectivity index (χ0v) is 13.9. The van der Waals surface area contributed by atoms with Crippen molar-refractivity contribution in [2.45, 2.75) is 31.6 Å². The van der Waals surface area contributed by atoms with E-state index in [4.69, 9.17) is 4.74 Å². The molecular formula is C17H21NO3S. The summed E-state index contributed by atoms with van der Waals surface area (Å²) in [5, 5.41) is 0. The molecule has 0 aliphatic rings. The van der Waals surface area contributed by atoms with Crippen molar-refractivity contribution in [2.24, 2.45) is 0 Å². The third kappa shape index (κ3) is 4.01. The Kier molecular flexibility index (Phi) is 5.08. The highest BCUT2D eigenvalue weighted by Gasteiger charge is 2.14. The van der Waals surface area contributed by atoms with Crippen molar-refractivity contribution in [3.05, 3.63) is 54.1 Å². The minimum absolute atomic E-state index is 0.249. The van der Waals surface area contributed by atoms with Crippen LogP contribution in [-0.2, 0) is 10.0 Å². The van der Waals surface area contributed by atoms with Crippen LogP contribution in [-0.4, -0.2) is 15.0 Å². The topological polar surface area (TPSA) is 55.4 Å². The molecule has 0 bridgehead atoms. The van der Waals surface area contributed by atoms with E-state index < -0.39 is 10.0 Å². The van der Waals surface area contributed by atoms with Gasteiger partial charge in [0.1, 0.15) is 5.75 Å². The van der Waals surface area contributed by atoms with Crippen molar-refractivity contribution in [3.63, 3.8) is 0 Å². The van der Waals surface area contributed by atoms with Gasteiger partial charge in [-0.15, -0.1) is 0 Å². The fourth-order valence-corrected chi connectivity index (χ4v) is 3.11. The van der Waals surface area contributed by atoms with Crippen LogP contribution in [0.4, 0.5) is 5.69 Å². The zero-order valence-electron chi connectivity index (χ0n) is 13.0. The van der Waals surface area contributed by atoms with Gasteiger partial charge in [0, 0.05) is 6.07 Å². The van der Waals surface area contributed by atoms with Gasteiger partial charge in [-0.3, -0.25) is 4.72 Å². The average molecular weight is 319 g/mol. The highest BCUT2D eigenvalue weighted by Crippen LogP contribution is 2.22. The molecule has 0 aromatic heterocycles. The first-order valence-electron chi connectivity index (χ1n) is 7.28. The normalized spacial score (nSPS) is 11.5. The van der Waals surface area contributed by atoms with Gasteiger partial charge in [-0.05, 0) is 42.7 Å². The third-order valence-electron chi connectivity index (χ3n) is 3.25. The van der Waals surface area contributed by atoms with Gasteiger partial charge in [-0.1, -0.05) is 32.0 Å². The summed E-state index contributed by atoms with van der Waals surface area (Å²) in [6, 6.07) is 13.9. The van der Waals surface area contributed by atoms with Crippen LogP contribution < -0.4 is 9.46 Å². The van der Waals surface area contributed by atoms with Crippen LogP contribution in [0.3, 0.4) is 0 Å². The van der Waals surface area contributed by atoms with Gasteiger partial charge in [-0.2, -0.15) is 0 Å². The van der Waals surface area contributed by atoms with Crippen molar-refractivity contribution in [1.29, 1.82) is 0 Å². The summed E-state index contributed by atoms with van der Waals surface area (Å²) in [5.74, 6) is 1.01. The quantitative estimate of drug-likeness (QED) is 0.875. The number of nitrogens with one attached hydrogen (secondary N) is 1. The average Bonchev–Trinajstić information content (AvgIpc) is 2.47.